The second-order valence-corrected chi connectivity index (χ2v) is 8.04. The number of carbonyl (C=O) groups excluding carboxylic acids is 1. The third-order valence-corrected chi connectivity index (χ3v) is 5.69. The van der Waals surface area contributed by atoms with Crippen molar-refractivity contribution in [3.63, 3.8) is 0 Å². The topological polar surface area (TPSA) is 65.8 Å². The molecule has 2 atom stereocenters. The maximum absolute atomic E-state index is 14.6. The number of aliphatic hydroxyl groups is 1. The standard InChI is InChI=1S/C20H10F13N3O2/c1-5-17(2,14(37)6-3-7(18(25,26)27)9(21)8(4-6)19(28,29)30)16(38)36(35-5)12-10(22)13(20(31,32)33)34-15(24)11(12)23/h3-4,16,38H,1-2H3. The quantitative estimate of drug-likeness (QED) is 0.275. The number of aromatic nitrogens is 1. The van der Waals surface area contributed by atoms with Crippen LogP contribution < -0.4 is 5.01 Å². The second-order valence-electron chi connectivity index (χ2n) is 8.04. The van der Waals surface area contributed by atoms with Crippen LogP contribution in [0.1, 0.15) is 41.0 Å². The van der Waals surface area contributed by atoms with Gasteiger partial charge in [0.1, 0.15) is 16.9 Å². The number of ketones is 1. The Balaban J connectivity index is 2.21. The predicted octanol–water partition coefficient (Wildman–Crippen LogP) is 6.10. The molecule has 1 aromatic carbocycles. The number of aliphatic hydroxyl groups excluding tert-OH is 1. The zero-order valence-electron chi connectivity index (χ0n) is 18.3. The van der Waals surface area contributed by atoms with Gasteiger partial charge in [-0.1, -0.05) is 0 Å². The van der Waals surface area contributed by atoms with Gasteiger partial charge in [-0.05, 0) is 26.0 Å². The van der Waals surface area contributed by atoms with Crippen molar-refractivity contribution >= 4 is 17.2 Å². The molecule has 3 rings (SSSR count). The van der Waals surface area contributed by atoms with Crippen LogP contribution in [0.3, 0.4) is 0 Å². The molecule has 208 valence electrons. The Kier molecular flexibility index (Phi) is 6.75. The predicted molar refractivity (Wildman–Crippen MR) is 99.5 cm³/mol. The minimum atomic E-state index is -5.75. The van der Waals surface area contributed by atoms with Gasteiger partial charge in [-0.2, -0.15) is 53.4 Å². The van der Waals surface area contributed by atoms with Crippen LogP contribution in [0.4, 0.5) is 62.8 Å². The van der Waals surface area contributed by atoms with E-state index in [1.54, 1.807) is 0 Å². The van der Waals surface area contributed by atoms with Crippen LogP contribution >= 0.6 is 0 Å². The number of halogens is 13. The largest absolute Gasteiger partial charge is 0.436 e. The maximum atomic E-state index is 14.6. The van der Waals surface area contributed by atoms with E-state index in [-0.39, 0.29) is 17.1 Å². The summed E-state index contributed by atoms with van der Waals surface area (Å²) in [6, 6.07) is -0.647. The number of rotatable bonds is 3. The van der Waals surface area contributed by atoms with Gasteiger partial charge in [0.05, 0.1) is 16.8 Å². The first-order valence-electron chi connectivity index (χ1n) is 9.72. The van der Waals surface area contributed by atoms with Crippen LogP contribution in [0.5, 0.6) is 0 Å². The summed E-state index contributed by atoms with van der Waals surface area (Å²) in [7, 11) is 0. The molecule has 0 saturated carbocycles. The lowest BCUT2D eigenvalue weighted by Crippen LogP contribution is -2.47. The number of benzene rings is 1. The highest BCUT2D eigenvalue weighted by Gasteiger charge is 2.54. The fourth-order valence-electron chi connectivity index (χ4n) is 3.56. The number of hydrazone groups is 1. The van der Waals surface area contributed by atoms with Gasteiger partial charge in [-0.15, -0.1) is 0 Å². The molecule has 2 heterocycles. The molecular formula is C20H10F13N3O2. The third-order valence-electron chi connectivity index (χ3n) is 5.69. The zero-order valence-corrected chi connectivity index (χ0v) is 18.3. The fourth-order valence-corrected chi connectivity index (χ4v) is 3.56. The maximum Gasteiger partial charge on any atom is 0.436 e. The van der Waals surface area contributed by atoms with E-state index in [2.05, 4.69) is 10.1 Å². The number of nitrogens with zero attached hydrogens (tertiary/aromatic N) is 3. The van der Waals surface area contributed by atoms with E-state index >= 15 is 0 Å². The number of alkyl halides is 9. The third kappa shape index (κ3) is 4.54. The van der Waals surface area contributed by atoms with Gasteiger partial charge in [0.2, 0.25) is 5.82 Å². The number of hydrogen-bond acceptors (Lipinski definition) is 5. The van der Waals surface area contributed by atoms with E-state index in [9.17, 15) is 67.0 Å². The number of Topliss-reactive ketones (excluding diaryl/α,β-unsaturated/α-hetero) is 1. The summed E-state index contributed by atoms with van der Waals surface area (Å²) in [6.07, 6.45) is -20.0. The van der Waals surface area contributed by atoms with Crippen LogP contribution in [-0.4, -0.2) is 27.8 Å². The number of carbonyl (C=O) groups is 1. The highest BCUT2D eigenvalue weighted by atomic mass is 19.4. The minimum Gasteiger partial charge on any atom is -0.370 e. The van der Waals surface area contributed by atoms with Gasteiger partial charge in [0.25, 0.3) is 5.95 Å². The molecular weight excluding hydrogens is 561 g/mol. The summed E-state index contributed by atoms with van der Waals surface area (Å²) in [5, 5.41) is 13.6. The molecule has 5 nitrogen and oxygen atoms in total. The summed E-state index contributed by atoms with van der Waals surface area (Å²) in [6.45, 7) is 1.39. The lowest BCUT2D eigenvalue weighted by atomic mass is 9.76. The fraction of sp³-hybridized carbons (Fsp3) is 0.350. The van der Waals surface area contributed by atoms with E-state index in [4.69, 9.17) is 0 Å². The van der Waals surface area contributed by atoms with Gasteiger partial charge in [-0.3, -0.25) is 4.79 Å². The molecule has 0 saturated heterocycles. The van der Waals surface area contributed by atoms with Crippen molar-refractivity contribution in [1.29, 1.82) is 0 Å². The first-order valence-corrected chi connectivity index (χ1v) is 9.72. The molecule has 0 radical (unpaired) electrons. The van der Waals surface area contributed by atoms with Gasteiger partial charge in [0.15, 0.2) is 23.5 Å². The van der Waals surface area contributed by atoms with Crippen molar-refractivity contribution in [2.24, 2.45) is 10.5 Å². The Bertz CT molecular complexity index is 1310. The molecule has 1 aliphatic heterocycles. The Morgan fingerprint density at radius 2 is 1.34 bits per heavy atom. The average Bonchev–Trinajstić information content (AvgIpc) is 2.98. The zero-order chi connectivity index (χ0) is 29.3. The SMILES string of the molecule is CC1=NN(c2c(F)c(F)nc(C(F)(F)F)c2F)C(O)C1(C)C(=O)c1cc(C(F)(F)F)c(F)c(C(F)(F)F)c1. The molecule has 0 spiro atoms. The van der Waals surface area contributed by atoms with Crippen LogP contribution in [0.2, 0.25) is 0 Å². The summed E-state index contributed by atoms with van der Waals surface area (Å²) in [5.74, 6) is -12.2. The lowest BCUT2D eigenvalue weighted by molar-refractivity contribution is -0.148. The first kappa shape index (κ1) is 29.1. The lowest BCUT2D eigenvalue weighted by Gasteiger charge is -2.31. The number of anilines is 1. The van der Waals surface area contributed by atoms with E-state index < -0.39 is 93.1 Å². The summed E-state index contributed by atoms with van der Waals surface area (Å²) >= 11 is 0. The Morgan fingerprint density at radius 1 is 0.868 bits per heavy atom. The molecule has 0 aliphatic carbocycles. The van der Waals surface area contributed by atoms with Gasteiger partial charge in [0, 0.05) is 5.56 Å². The molecule has 0 fully saturated rings. The monoisotopic (exact) mass is 571 g/mol. The Hall–Kier alpha value is -3.44. The van der Waals surface area contributed by atoms with Crippen molar-refractivity contribution < 1.29 is 67.0 Å². The van der Waals surface area contributed by atoms with Gasteiger partial charge >= 0.3 is 18.5 Å². The molecule has 1 aromatic heterocycles. The minimum absolute atomic E-state index is 0.324. The van der Waals surface area contributed by atoms with Crippen molar-refractivity contribution in [2.75, 3.05) is 5.01 Å². The van der Waals surface area contributed by atoms with Gasteiger partial charge < -0.3 is 5.11 Å². The van der Waals surface area contributed by atoms with E-state index in [0.717, 1.165) is 6.92 Å². The molecule has 0 amide bonds. The molecule has 1 N–H and O–H groups in total. The summed E-state index contributed by atoms with van der Waals surface area (Å²) in [5.41, 5.74) is -14.7. The van der Waals surface area contributed by atoms with Crippen molar-refractivity contribution in [1.82, 2.24) is 4.98 Å². The molecule has 0 bridgehead atoms. The van der Waals surface area contributed by atoms with Crippen LogP contribution in [-0.2, 0) is 18.5 Å². The Morgan fingerprint density at radius 3 is 1.76 bits per heavy atom. The van der Waals surface area contributed by atoms with E-state index in [0.29, 0.717) is 6.92 Å². The number of hydrogen-bond donors (Lipinski definition) is 1. The van der Waals surface area contributed by atoms with Crippen molar-refractivity contribution in [3.05, 3.63) is 57.9 Å². The van der Waals surface area contributed by atoms with Crippen molar-refractivity contribution in [2.45, 2.75) is 38.6 Å². The van der Waals surface area contributed by atoms with Crippen molar-refractivity contribution in [3.8, 4) is 0 Å². The van der Waals surface area contributed by atoms with Crippen LogP contribution in [0.15, 0.2) is 17.2 Å². The molecule has 18 heteroatoms. The molecule has 1 aliphatic rings. The summed E-state index contributed by atoms with van der Waals surface area (Å²) < 4.78 is 175. The normalized spacial score (nSPS) is 20.7. The molecule has 38 heavy (non-hydrogen) atoms. The van der Waals surface area contributed by atoms with E-state index in [1.807, 2.05) is 0 Å². The highest BCUT2D eigenvalue weighted by Crippen LogP contribution is 2.45. The number of pyridine rings is 1. The first-order chi connectivity index (χ1) is 17.0. The molecule has 2 unspecified atom stereocenters. The smallest absolute Gasteiger partial charge is 0.370 e. The van der Waals surface area contributed by atoms with Gasteiger partial charge in [-0.25, -0.2) is 18.8 Å². The Labute approximate surface area is 202 Å². The summed E-state index contributed by atoms with van der Waals surface area (Å²) in [4.78, 5) is 15.2. The van der Waals surface area contributed by atoms with Crippen LogP contribution in [0.25, 0.3) is 0 Å². The second kappa shape index (κ2) is 8.81. The van der Waals surface area contributed by atoms with E-state index in [1.165, 1.54) is 0 Å². The average molecular weight is 571 g/mol. The molecule has 2 aromatic rings. The van der Waals surface area contributed by atoms with Crippen LogP contribution in [0, 0.1) is 28.8 Å². The highest BCUT2D eigenvalue weighted by molar-refractivity contribution is 6.17.